The predicted octanol–water partition coefficient (Wildman–Crippen LogP) is 2.25. The minimum atomic E-state index is -0.487. The van der Waals surface area contributed by atoms with E-state index in [0.717, 1.165) is 0 Å². The second kappa shape index (κ2) is 5.93. The summed E-state index contributed by atoms with van der Waals surface area (Å²) in [5.41, 5.74) is 0.435. The number of carbonyl (C=O) groups is 1. The first-order chi connectivity index (χ1) is 9.15. The van der Waals surface area contributed by atoms with E-state index in [-0.39, 0.29) is 5.91 Å². The SMILES string of the molecule is CC[C@@H](C#N)NC(=O)c1cc(Br)c2c(c1)OCCO2. The van der Waals surface area contributed by atoms with E-state index in [9.17, 15) is 4.79 Å². The van der Waals surface area contributed by atoms with Crippen LogP contribution in [0.2, 0.25) is 0 Å². The number of fused-ring (bicyclic) bond motifs is 1. The van der Waals surface area contributed by atoms with Crippen LogP contribution < -0.4 is 14.8 Å². The van der Waals surface area contributed by atoms with Crippen LogP contribution in [0.5, 0.6) is 11.5 Å². The maximum atomic E-state index is 12.0. The number of nitriles is 1. The van der Waals surface area contributed by atoms with Crippen molar-refractivity contribution in [1.29, 1.82) is 5.26 Å². The second-order valence-corrected chi connectivity index (χ2v) is 4.90. The smallest absolute Gasteiger partial charge is 0.252 e. The fraction of sp³-hybridized carbons (Fsp3) is 0.385. The van der Waals surface area contributed by atoms with Crippen LogP contribution in [0.25, 0.3) is 0 Å². The average Bonchev–Trinajstić information content (AvgIpc) is 2.44. The van der Waals surface area contributed by atoms with Crippen LogP contribution in [0, 0.1) is 11.3 Å². The summed E-state index contributed by atoms with van der Waals surface area (Å²) in [4.78, 5) is 12.0. The van der Waals surface area contributed by atoms with Crippen molar-refractivity contribution in [2.24, 2.45) is 0 Å². The molecule has 0 spiro atoms. The Bertz CT molecular complexity index is 539. The monoisotopic (exact) mass is 324 g/mol. The number of halogens is 1. The number of amides is 1. The molecule has 0 saturated carbocycles. The molecule has 1 aromatic carbocycles. The molecular weight excluding hydrogens is 312 g/mol. The molecule has 1 atom stereocenters. The number of benzene rings is 1. The summed E-state index contributed by atoms with van der Waals surface area (Å²) in [6.07, 6.45) is 0.563. The number of carbonyl (C=O) groups excluding carboxylic acids is 1. The number of rotatable bonds is 3. The molecule has 5 nitrogen and oxygen atoms in total. The normalized spacial score (nSPS) is 14.4. The summed E-state index contributed by atoms with van der Waals surface area (Å²) in [5, 5.41) is 11.5. The van der Waals surface area contributed by atoms with Crippen molar-refractivity contribution in [2.45, 2.75) is 19.4 Å². The number of nitrogens with one attached hydrogen (secondary N) is 1. The summed E-state index contributed by atoms with van der Waals surface area (Å²) < 4.78 is 11.6. The van der Waals surface area contributed by atoms with Gasteiger partial charge in [-0.15, -0.1) is 0 Å². The Balaban J connectivity index is 2.24. The lowest BCUT2D eigenvalue weighted by atomic mass is 10.1. The van der Waals surface area contributed by atoms with E-state index in [1.165, 1.54) is 0 Å². The van der Waals surface area contributed by atoms with E-state index >= 15 is 0 Å². The van der Waals surface area contributed by atoms with Crippen molar-refractivity contribution < 1.29 is 14.3 Å². The molecule has 0 radical (unpaired) electrons. The van der Waals surface area contributed by atoms with Gasteiger partial charge >= 0.3 is 0 Å². The maximum absolute atomic E-state index is 12.0. The van der Waals surface area contributed by atoms with Gasteiger partial charge in [0.2, 0.25) is 0 Å². The van der Waals surface area contributed by atoms with Gasteiger partial charge < -0.3 is 14.8 Å². The summed E-state index contributed by atoms with van der Waals surface area (Å²) in [6, 6.07) is 4.83. The molecule has 2 rings (SSSR count). The third-order valence-corrected chi connectivity index (χ3v) is 3.32. The van der Waals surface area contributed by atoms with Crippen LogP contribution in [0.1, 0.15) is 23.7 Å². The van der Waals surface area contributed by atoms with Gasteiger partial charge in [0.1, 0.15) is 19.3 Å². The van der Waals surface area contributed by atoms with Crippen LogP contribution >= 0.6 is 15.9 Å². The zero-order valence-electron chi connectivity index (χ0n) is 10.4. The molecule has 0 aromatic heterocycles. The van der Waals surface area contributed by atoms with Gasteiger partial charge in [-0.25, -0.2) is 0 Å². The number of hydrogen-bond donors (Lipinski definition) is 1. The molecule has 0 saturated heterocycles. The van der Waals surface area contributed by atoms with E-state index in [1.54, 1.807) is 12.1 Å². The van der Waals surface area contributed by atoms with Crippen LogP contribution in [0.3, 0.4) is 0 Å². The van der Waals surface area contributed by atoms with Crippen molar-refractivity contribution in [3.63, 3.8) is 0 Å². The van der Waals surface area contributed by atoms with E-state index in [1.807, 2.05) is 13.0 Å². The molecule has 1 N–H and O–H groups in total. The minimum absolute atomic E-state index is 0.300. The van der Waals surface area contributed by atoms with Crippen molar-refractivity contribution in [1.82, 2.24) is 5.32 Å². The lowest BCUT2D eigenvalue weighted by Gasteiger charge is -2.20. The number of nitrogens with zero attached hydrogens (tertiary/aromatic N) is 1. The Labute approximate surface area is 119 Å². The fourth-order valence-electron chi connectivity index (χ4n) is 1.71. The van der Waals surface area contributed by atoms with Gasteiger partial charge in [-0.1, -0.05) is 6.92 Å². The highest BCUT2D eigenvalue weighted by Gasteiger charge is 2.20. The van der Waals surface area contributed by atoms with E-state index in [4.69, 9.17) is 14.7 Å². The second-order valence-electron chi connectivity index (χ2n) is 4.05. The highest BCUT2D eigenvalue weighted by atomic mass is 79.9. The van der Waals surface area contributed by atoms with Crippen molar-refractivity contribution in [3.8, 4) is 17.6 Å². The largest absolute Gasteiger partial charge is 0.486 e. The molecule has 6 heteroatoms. The van der Waals surface area contributed by atoms with Gasteiger partial charge in [-0.3, -0.25) is 4.79 Å². The zero-order valence-corrected chi connectivity index (χ0v) is 12.0. The highest BCUT2D eigenvalue weighted by molar-refractivity contribution is 9.10. The average molecular weight is 325 g/mol. The molecular formula is C13H13BrN2O3. The molecule has 1 heterocycles. The molecule has 1 aromatic rings. The van der Waals surface area contributed by atoms with Crippen LogP contribution in [0.4, 0.5) is 0 Å². The molecule has 0 aliphatic carbocycles. The Kier molecular flexibility index (Phi) is 4.27. The van der Waals surface area contributed by atoms with E-state index in [2.05, 4.69) is 21.2 Å². The third-order valence-electron chi connectivity index (χ3n) is 2.73. The molecule has 19 heavy (non-hydrogen) atoms. The Hall–Kier alpha value is -1.74. The summed E-state index contributed by atoms with van der Waals surface area (Å²) in [5.74, 6) is 0.844. The Morgan fingerprint density at radius 1 is 1.53 bits per heavy atom. The lowest BCUT2D eigenvalue weighted by Crippen LogP contribution is -2.33. The molecule has 1 aliphatic rings. The van der Waals surface area contributed by atoms with Gasteiger partial charge in [0.15, 0.2) is 11.5 Å². The Morgan fingerprint density at radius 2 is 2.26 bits per heavy atom. The van der Waals surface area contributed by atoms with Crippen LogP contribution in [0.15, 0.2) is 16.6 Å². The summed E-state index contributed by atoms with van der Waals surface area (Å²) in [6.45, 7) is 2.79. The molecule has 0 bridgehead atoms. The van der Waals surface area contributed by atoms with E-state index < -0.39 is 6.04 Å². The first-order valence-corrected chi connectivity index (χ1v) is 6.74. The van der Waals surface area contributed by atoms with Crippen molar-refractivity contribution in [2.75, 3.05) is 13.2 Å². The summed E-state index contributed by atoms with van der Waals surface area (Å²) in [7, 11) is 0. The number of hydrogen-bond acceptors (Lipinski definition) is 4. The molecule has 1 aliphatic heterocycles. The lowest BCUT2D eigenvalue weighted by molar-refractivity contribution is 0.0943. The van der Waals surface area contributed by atoms with Crippen molar-refractivity contribution in [3.05, 3.63) is 22.2 Å². The fourth-order valence-corrected chi connectivity index (χ4v) is 2.27. The van der Waals surface area contributed by atoms with Gasteiger partial charge in [-0.2, -0.15) is 5.26 Å². The van der Waals surface area contributed by atoms with Gasteiger partial charge in [0, 0.05) is 5.56 Å². The highest BCUT2D eigenvalue weighted by Crippen LogP contribution is 2.38. The predicted molar refractivity (Wildman–Crippen MR) is 72.3 cm³/mol. The standard InChI is InChI=1S/C13H13BrN2O3/c1-2-9(7-15)16-13(17)8-5-10(14)12-11(6-8)18-3-4-19-12/h5-6,9H,2-4H2,1H3,(H,16,17)/t9-/m0/s1. The van der Waals surface area contributed by atoms with Gasteiger partial charge in [0.05, 0.1) is 10.5 Å². The van der Waals surface area contributed by atoms with Crippen LogP contribution in [-0.2, 0) is 0 Å². The maximum Gasteiger partial charge on any atom is 0.252 e. The molecule has 0 fully saturated rings. The molecule has 1 amide bonds. The summed E-state index contributed by atoms with van der Waals surface area (Å²) >= 11 is 3.35. The zero-order chi connectivity index (χ0) is 13.8. The minimum Gasteiger partial charge on any atom is -0.486 e. The first kappa shape index (κ1) is 13.7. The third kappa shape index (κ3) is 2.99. The first-order valence-electron chi connectivity index (χ1n) is 5.95. The quantitative estimate of drug-likeness (QED) is 0.925. The number of ether oxygens (including phenoxy) is 2. The molecule has 0 unspecified atom stereocenters. The van der Waals surface area contributed by atoms with E-state index in [0.29, 0.717) is 41.2 Å². The van der Waals surface area contributed by atoms with Crippen LogP contribution in [-0.4, -0.2) is 25.2 Å². The van der Waals surface area contributed by atoms with Crippen molar-refractivity contribution >= 4 is 21.8 Å². The van der Waals surface area contributed by atoms with Gasteiger partial charge in [-0.05, 0) is 34.5 Å². The topological polar surface area (TPSA) is 71.4 Å². The van der Waals surface area contributed by atoms with Gasteiger partial charge in [0.25, 0.3) is 5.91 Å². The Morgan fingerprint density at radius 3 is 2.95 bits per heavy atom. The molecule has 100 valence electrons.